The summed E-state index contributed by atoms with van der Waals surface area (Å²) in [6, 6.07) is 0. The molecule has 3 nitrogen and oxygen atoms in total. The number of halogens is 1. The fourth-order valence-corrected chi connectivity index (χ4v) is 1.90. The monoisotopic (exact) mass is 211 g/mol. The van der Waals surface area contributed by atoms with Crippen LogP contribution in [0.4, 0.5) is 0 Å². The second-order valence-corrected chi connectivity index (χ2v) is 4.17. The van der Waals surface area contributed by atoms with Crippen molar-refractivity contribution in [3.63, 3.8) is 0 Å². The maximum absolute atomic E-state index is 5.72. The van der Waals surface area contributed by atoms with Gasteiger partial charge in [0.1, 0.15) is 5.82 Å². The molecule has 0 aliphatic carbocycles. The van der Waals surface area contributed by atoms with E-state index in [1.54, 1.807) is 12.4 Å². The van der Waals surface area contributed by atoms with Crippen molar-refractivity contribution in [3.8, 4) is 0 Å². The van der Waals surface area contributed by atoms with Gasteiger partial charge in [0.15, 0.2) is 0 Å². The molecule has 1 N–H and O–H groups in total. The molecule has 0 bridgehead atoms. The number of nitrogens with zero attached hydrogens (tertiary/aromatic N) is 2. The highest BCUT2D eigenvalue weighted by atomic mass is 35.5. The van der Waals surface area contributed by atoms with Crippen molar-refractivity contribution < 1.29 is 0 Å². The third-order valence-electron chi connectivity index (χ3n) is 2.54. The van der Waals surface area contributed by atoms with Gasteiger partial charge in [-0.2, -0.15) is 0 Å². The van der Waals surface area contributed by atoms with Crippen LogP contribution in [-0.4, -0.2) is 23.1 Å². The van der Waals surface area contributed by atoms with Crippen molar-refractivity contribution in [3.05, 3.63) is 23.2 Å². The van der Waals surface area contributed by atoms with Gasteiger partial charge in [-0.3, -0.25) is 0 Å². The van der Waals surface area contributed by atoms with Crippen LogP contribution in [0.1, 0.15) is 18.7 Å². The zero-order chi connectivity index (χ0) is 9.80. The summed E-state index contributed by atoms with van der Waals surface area (Å²) in [6.45, 7) is 2.24. The Balaban J connectivity index is 1.92. The summed E-state index contributed by atoms with van der Waals surface area (Å²) >= 11 is 5.72. The van der Waals surface area contributed by atoms with E-state index in [1.807, 2.05) is 0 Å². The van der Waals surface area contributed by atoms with Crippen molar-refractivity contribution in [2.75, 3.05) is 13.1 Å². The first kappa shape index (κ1) is 9.87. The molecular weight excluding hydrogens is 198 g/mol. The molecule has 1 aromatic rings. The predicted octanol–water partition coefficient (Wildman–Crippen LogP) is 1.67. The number of rotatable bonds is 2. The molecule has 1 aliphatic heterocycles. The van der Waals surface area contributed by atoms with E-state index in [0.717, 1.165) is 25.3 Å². The van der Waals surface area contributed by atoms with Crippen molar-refractivity contribution in [1.82, 2.24) is 15.3 Å². The van der Waals surface area contributed by atoms with Gasteiger partial charge in [0, 0.05) is 18.8 Å². The Labute approximate surface area is 88.9 Å². The minimum absolute atomic E-state index is 0.607. The minimum Gasteiger partial charge on any atom is -0.316 e. The Morgan fingerprint density at radius 3 is 2.86 bits per heavy atom. The fraction of sp³-hybridized carbons (Fsp3) is 0.600. The van der Waals surface area contributed by atoms with Crippen LogP contribution >= 0.6 is 11.6 Å². The van der Waals surface area contributed by atoms with Gasteiger partial charge in [-0.25, -0.2) is 9.97 Å². The lowest BCUT2D eigenvalue weighted by Gasteiger charge is -2.21. The predicted molar refractivity (Wildman–Crippen MR) is 56.3 cm³/mol. The largest absolute Gasteiger partial charge is 0.316 e. The normalized spacial score (nSPS) is 22.2. The number of hydrogen-bond acceptors (Lipinski definition) is 3. The quantitative estimate of drug-likeness (QED) is 0.809. The molecule has 2 rings (SSSR count). The zero-order valence-electron chi connectivity index (χ0n) is 8.04. The van der Waals surface area contributed by atoms with Gasteiger partial charge in [-0.1, -0.05) is 11.6 Å². The van der Waals surface area contributed by atoms with Crippen LogP contribution in [0.2, 0.25) is 5.02 Å². The highest BCUT2D eigenvalue weighted by molar-refractivity contribution is 6.30. The molecule has 4 heteroatoms. The first-order valence-corrected chi connectivity index (χ1v) is 5.39. The Morgan fingerprint density at radius 1 is 1.43 bits per heavy atom. The Bertz CT molecular complexity index is 280. The zero-order valence-corrected chi connectivity index (χ0v) is 8.80. The summed E-state index contributed by atoms with van der Waals surface area (Å²) < 4.78 is 0. The molecule has 0 aromatic carbocycles. The summed E-state index contributed by atoms with van der Waals surface area (Å²) in [5, 5.41) is 3.99. The van der Waals surface area contributed by atoms with Gasteiger partial charge in [0.25, 0.3) is 0 Å². The molecule has 76 valence electrons. The molecule has 1 atom stereocenters. The molecule has 14 heavy (non-hydrogen) atoms. The molecule has 1 aliphatic rings. The van der Waals surface area contributed by atoms with Crippen LogP contribution in [0.25, 0.3) is 0 Å². The number of aromatic nitrogens is 2. The summed E-state index contributed by atoms with van der Waals surface area (Å²) in [5.74, 6) is 1.59. The Kier molecular flexibility index (Phi) is 3.32. The molecule has 1 fully saturated rings. The van der Waals surface area contributed by atoms with Crippen LogP contribution in [0, 0.1) is 5.92 Å². The van der Waals surface area contributed by atoms with E-state index < -0.39 is 0 Å². The lowest BCUT2D eigenvalue weighted by molar-refractivity contribution is 0.370. The Morgan fingerprint density at radius 2 is 2.21 bits per heavy atom. The lowest BCUT2D eigenvalue weighted by Crippen LogP contribution is -2.31. The van der Waals surface area contributed by atoms with Crippen LogP contribution < -0.4 is 5.32 Å². The van der Waals surface area contributed by atoms with Crippen LogP contribution in [0.3, 0.4) is 0 Å². The summed E-state index contributed by atoms with van der Waals surface area (Å²) in [7, 11) is 0. The van der Waals surface area contributed by atoms with E-state index in [4.69, 9.17) is 11.6 Å². The first-order valence-electron chi connectivity index (χ1n) is 5.02. The molecule has 0 saturated carbocycles. The minimum atomic E-state index is 0.607. The fourth-order valence-electron chi connectivity index (χ4n) is 1.80. The van der Waals surface area contributed by atoms with Crippen LogP contribution in [0.5, 0.6) is 0 Å². The van der Waals surface area contributed by atoms with E-state index in [-0.39, 0.29) is 0 Å². The number of piperidine rings is 1. The van der Waals surface area contributed by atoms with Crippen molar-refractivity contribution in [1.29, 1.82) is 0 Å². The van der Waals surface area contributed by atoms with Crippen molar-refractivity contribution in [2.24, 2.45) is 5.92 Å². The molecule has 2 heterocycles. The molecule has 0 spiro atoms. The van der Waals surface area contributed by atoms with Gasteiger partial charge < -0.3 is 5.32 Å². The van der Waals surface area contributed by atoms with Gasteiger partial charge in [-0.15, -0.1) is 0 Å². The van der Waals surface area contributed by atoms with Crippen molar-refractivity contribution in [2.45, 2.75) is 19.3 Å². The van der Waals surface area contributed by atoms with E-state index in [9.17, 15) is 0 Å². The standard InChI is InChI=1S/C10H14ClN3/c11-9-6-13-10(14-7-9)4-8-2-1-3-12-5-8/h6-8,12H,1-5H2. The molecule has 1 unspecified atom stereocenters. The highest BCUT2D eigenvalue weighted by Gasteiger charge is 2.14. The van der Waals surface area contributed by atoms with Crippen LogP contribution in [-0.2, 0) is 6.42 Å². The summed E-state index contributed by atoms with van der Waals surface area (Å²) in [4.78, 5) is 8.40. The summed E-state index contributed by atoms with van der Waals surface area (Å²) in [5.41, 5.74) is 0. The molecular formula is C10H14ClN3. The van der Waals surface area contributed by atoms with E-state index in [0.29, 0.717) is 10.9 Å². The first-order chi connectivity index (χ1) is 6.84. The maximum atomic E-state index is 5.72. The topological polar surface area (TPSA) is 37.8 Å². The van der Waals surface area contributed by atoms with Gasteiger partial charge in [0.05, 0.1) is 5.02 Å². The van der Waals surface area contributed by atoms with E-state index >= 15 is 0 Å². The third kappa shape index (κ3) is 2.66. The molecule has 1 aromatic heterocycles. The van der Waals surface area contributed by atoms with Gasteiger partial charge in [-0.05, 0) is 31.8 Å². The molecule has 0 amide bonds. The molecule has 0 radical (unpaired) electrons. The maximum Gasteiger partial charge on any atom is 0.128 e. The average molecular weight is 212 g/mol. The Hall–Kier alpha value is -0.670. The molecule has 1 saturated heterocycles. The van der Waals surface area contributed by atoms with Gasteiger partial charge >= 0.3 is 0 Å². The SMILES string of the molecule is Clc1cnc(CC2CCCNC2)nc1. The summed E-state index contributed by atoms with van der Waals surface area (Å²) in [6.07, 6.45) is 6.84. The highest BCUT2D eigenvalue weighted by Crippen LogP contribution is 2.14. The van der Waals surface area contributed by atoms with E-state index in [1.165, 1.54) is 12.8 Å². The van der Waals surface area contributed by atoms with E-state index in [2.05, 4.69) is 15.3 Å². The van der Waals surface area contributed by atoms with Crippen LogP contribution in [0.15, 0.2) is 12.4 Å². The number of hydrogen-bond donors (Lipinski definition) is 1. The lowest BCUT2D eigenvalue weighted by atomic mass is 9.96. The second kappa shape index (κ2) is 4.71. The second-order valence-electron chi connectivity index (χ2n) is 3.73. The third-order valence-corrected chi connectivity index (χ3v) is 2.74. The average Bonchev–Trinajstić information content (AvgIpc) is 2.23. The smallest absolute Gasteiger partial charge is 0.128 e. The van der Waals surface area contributed by atoms with Gasteiger partial charge in [0.2, 0.25) is 0 Å². The number of nitrogens with one attached hydrogen (secondary N) is 1. The van der Waals surface area contributed by atoms with Crippen molar-refractivity contribution >= 4 is 11.6 Å².